The minimum atomic E-state index is -0.573. The van der Waals surface area contributed by atoms with Gasteiger partial charge in [0.2, 0.25) is 0 Å². The van der Waals surface area contributed by atoms with Crippen LogP contribution in [-0.4, -0.2) is 19.1 Å². The van der Waals surface area contributed by atoms with Crippen molar-refractivity contribution in [3.63, 3.8) is 0 Å². The third-order valence-corrected chi connectivity index (χ3v) is 2.99. The zero-order valence-corrected chi connectivity index (χ0v) is 9.81. The first kappa shape index (κ1) is 11.7. The summed E-state index contributed by atoms with van der Waals surface area (Å²) in [6, 6.07) is 2.28. The largest absolute Gasteiger partial charge is 0.303 e. The van der Waals surface area contributed by atoms with E-state index in [9.17, 15) is 14.9 Å². The van der Waals surface area contributed by atoms with E-state index in [0.29, 0.717) is 10.0 Å². The standard InChI is InChI=1S/C8H5ClN4O3S/c9-8-6(10-11-17-8)4-12-3-5(13(15)16)1-2-7(12)14/h1-3H,4H2. The molecule has 0 saturated heterocycles. The first-order chi connectivity index (χ1) is 8.08. The van der Waals surface area contributed by atoms with Gasteiger partial charge in [0.15, 0.2) is 0 Å². The topological polar surface area (TPSA) is 90.9 Å². The van der Waals surface area contributed by atoms with E-state index in [1.807, 2.05) is 0 Å². The summed E-state index contributed by atoms with van der Waals surface area (Å²) in [5.41, 5.74) is -0.108. The van der Waals surface area contributed by atoms with E-state index in [1.165, 1.54) is 4.57 Å². The van der Waals surface area contributed by atoms with Gasteiger partial charge < -0.3 is 4.57 Å². The molecule has 0 radical (unpaired) electrons. The molecule has 0 fully saturated rings. The fourth-order valence-corrected chi connectivity index (χ4v) is 1.81. The Bertz CT molecular complexity index is 623. The van der Waals surface area contributed by atoms with Crippen LogP contribution in [0.2, 0.25) is 4.34 Å². The van der Waals surface area contributed by atoms with Gasteiger partial charge in [-0.15, -0.1) is 5.10 Å². The van der Waals surface area contributed by atoms with E-state index in [0.717, 1.165) is 29.9 Å². The molecule has 0 bridgehead atoms. The number of nitrogens with zero attached hydrogens (tertiary/aromatic N) is 4. The predicted molar refractivity (Wildman–Crippen MR) is 61.4 cm³/mol. The summed E-state index contributed by atoms with van der Waals surface area (Å²) in [7, 11) is 0. The number of halogens is 1. The normalized spacial score (nSPS) is 10.4. The molecule has 88 valence electrons. The van der Waals surface area contributed by atoms with Crippen LogP contribution in [0.5, 0.6) is 0 Å². The van der Waals surface area contributed by atoms with Crippen LogP contribution in [0, 0.1) is 10.1 Å². The van der Waals surface area contributed by atoms with E-state index in [4.69, 9.17) is 11.6 Å². The SMILES string of the molecule is O=c1ccc([N+](=O)[O-])cn1Cc1nnsc1Cl. The quantitative estimate of drug-likeness (QED) is 0.620. The van der Waals surface area contributed by atoms with Gasteiger partial charge in [-0.2, -0.15) is 0 Å². The summed E-state index contributed by atoms with van der Waals surface area (Å²) < 4.78 is 5.15. The molecule has 0 saturated carbocycles. The van der Waals surface area contributed by atoms with Gasteiger partial charge in [0.1, 0.15) is 10.0 Å². The average Bonchev–Trinajstić information content (AvgIpc) is 2.67. The highest BCUT2D eigenvalue weighted by atomic mass is 35.5. The van der Waals surface area contributed by atoms with Crippen LogP contribution < -0.4 is 5.56 Å². The van der Waals surface area contributed by atoms with Crippen molar-refractivity contribution in [2.75, 3.05) is 0 Å². The third-order valence-electron chi connectivity index (χ3n) is 2.01. The summed E-state index contributed by atoms with van der Waals surface area (Å²) >= 11 is 6.78. The fraction of sp³-hybridized carbons (Fsp3) is 0.125. The molecular formula is C8H5ClN4O3S. The van der Waals surface area contributed by atoms with Gasteiger partial charge in [0.05, 0.1) is 17.7 Å². The summed E-state index contributed by atoms with van der Waals surface area (Å²) in [6.45, 7) is 0.0653. The number of nitro groups is 1. The number of hydrogen-bond acceptors (Lipinski definition) is 6. The lowest BCUT2D eigenvalue weighted by atomic mass is 10.4. The van der Waals surface area contributed by atoms with E-state index < -0.39 is 4.92 Å². The molecule has 0 spiro atoms. The maximum Gasteiger partial charge on any atom is 0.285 e. The number of rotatable bonds is 3. The Morgan fingerprint density at radius 2 is 2.29 bits per heavy atom. The molecule has 0 aromatic carbocycles. The van der Waals surface area contributed by atoms with Crippen molar-refractivity contribution < 1.29 is 4.92 Å². The lowest BCUT2D eigenvalue weighted by Gasteiger charge is -2.02. The highest BCUT2D eigenvalue weighted by molar-refractivity contribution is 7.10. The fourth-order valence-electron chi connectivity index (χ4n) is 1.20. The Labute approximate surface area is 104 Å². The first-order valence-corrected chi connectivity index (χ1v) is 5.54. The minimum Gasteiger partial charge on any atom is -0.303 e. The number of aromatic nitrogens is 3. The van der Waals surface area contributed by atoms with Crippen LogP contribution >= 0.6 is 23.1 Å². The van der Waals surface area contributed by atoms with Crippen LogP contribution in [0.4, 0.5) is 5.69 Å². The zero-order valence-electron chi connectivity index (χ0n) is 8.24. The average molecular weight is 273 g/mol. The first-order valence-electron chi connectivity index (χ1n) is 4.39. The molecule has 7 nitrogen and oxygen atoms in total. The summed E-state index contributed by atoms with van der Waals surface area (Å²) in [6.07, 6.45) is 1.15. The van der Waals surface area contributed by atoms with Gasteiger partial charge >= 0.3 is 0 Å². The Balaban J connectivity index is 2.39. The molecule has 2 aromatic rings. The van der Waals surface area contributed by atoms with Gasteiger partial charge in [0.25, 0.3) is 11.2 Å². The molecule has 0 unspecified atom stereocenters. The molecule has 2 rings (SSSR count). The Morgan fingerprint density at radius 3 is 2.88 bits per heavy atom. The van der Waals surface area contributed by atoms with Crippen molar-refractivity contribution in [3.8, 4) is 0 Å². The van der Waals surface area contributed by atoms with E-state index >= 15 is 0 Å². The Kier molecular flexibility index (Phi) is 3.16. The molecule has 2 aromatic heterocycles. The second-order valence-electron chi connectivity index (χ2n) is 3.10. The van der Waals surface area contributed by atoms with E-state index in [-0.39, 0.29) is 17.8 Å². The van der Waals surface area contributed by atoms with Crippen molar-refractivity contribution in [2.45, 2.75) is 6.54 Å². The zero-order chi connectivity index (χ0) is 12.4. The molecular weight excluding hydrogens is 268 g/mol. The van der Waals surface area contributed by atoms with E-state index in [1.54, 1.807) is 0 Å². The highest BCUT2D eigenvalue weighted by Crippen LogP contribution is 2.18. The van der Waals surface area contributed by atoms with Gasteiger partial charge in [-0.3, -0.25) is 14.9 Å². The second kappa shape index (κ2) is 4.60. The van der Waals surface area contributed by atoms with Gasteiger partial charge in [0, 0.05) is 23.7 Å². The van der Waals surface area contributed by atoms with Crippen molar-refractivity contribution >= 4 is 28.8 Å². The van der Waals surface area contributed by atoms with Crippen LogP contribution in [-0.2, 0) is 6.54 Å². The van der Waals surface area contributed by atoms with Crippen LogP contribution in [0.25, 0.3) is 0 Å². The highest BCUT2D eigenvalue weighted by Gasteiger charge is 2.11. The Morgan fingerprint density at radius 1 is 1.53 bits per heavy atom. The van der Waals surface area contributed by atoms with Crippen molar-refractivity contribution in [2.24, 2.45) is 0 Å². The van der Waals surface area contributed by atoms with Crippen LogP contribution in [0.15, 0.2) is 23.1 Å². The lowest BCUT2D eigenvalue weighted by Crippen LogP contribution is -2.19. The monoisotopic (exact) mass is 272 g/mol. The molecule has 2 heterocycles. The molecule has 17 heavy (non-hydrogen) atoms. The minimum absolute atomic E-state index is 0.0653. The summed E-state index contributed by atoms with van der Waals surface area (Å²) in [4.78, 5) is 21.5. The Hall–Kier alpha value is -1.80. The summed E-state index contributed by atoms with van der Waals surface area (Å²) in [5, 5.41) is 14.3. The van der Waals surface area contributed by atoms with Gasteiger partial charge in [-0.25, -0.2) is 0 Å². The molecule has 0 N–H and O–H groups in total. The number of hydrogen-bond donors (Lipinski definition) is 0. The maximum atomic E-state index is 11.5. The molecule has 9 heteroatoms. The maximum absolute atomic E-state index is 11.5. The molecule has 0 amide bonds. The second-order valence-corrected chi connectivity index (χ2v) is 4.46. The van der Waals surface area contributed by atoms with Gasteiger partial charge in [-0.1, -0.05) is 16.1 Å². The van der Waals surface area contributed by atoms with E-state index in [2.05, 4.69) is 9.59 Å². The smallest absolute Gasteiger partial charge is 0.285 e. The van der Waals surface area contributed by atoms with Crippen molar-refractivity contribution in [3.05, 3.63) is 48.8 Å². The van der Waals surface area contributed by atoms with Crippen molar-refractivity contribution in [1.29, 1.82) is 0 Å². The third kappa shape index (κ3) is 2.48. The van der Waals surface area contributed by atoms with Crippen LogP contribution in [0.3, 0.4) is 0 Å². The number of pyridine rings is 1. The predicted octanol–water partition coefficient (Wildman–Crippen LogP) is 1.31. The molecule has 0 aliphatic heterocycles. The lowest BCUT2D eigenvalue weighted by molar-refractivity contribution is -0.385. The summed E-state index contributed by atoms with van der Waals surface area (Å²) in [5.74, 6) is 0. The van der Waals surface area contributed by atoms with Gasteiger partial charge in [-0.05, 0) is 0 Å². The molecule has 0 aliphatic carbocycles. The molecule has 0 atom stereocenters. The molecule has 0 aliphatic rings. The van der Waals surface area contributed by atoms with Crippen LogP contribution in [0.1, 0.15) is 5.69 Å². The van der Waals surface area contributed by atoms with Crippen molar-refractivity contribution in [1.82, 2.24) is 14.2 Å².